The number of hydrogen-bond donors (Lipinski definition) is 1. The summed E-state index contributed by atoms with van der Waals surface area (Å²) in [4.78, 5) is 41.2. The number of ketones is 1. The van der Waals surface area contributed by atoms with E-state index in [1.54, 1.807) is 0 Å². The molecule has 6 rings (SSSR count). The summed E-state index contributed by atoms with van der Waals surface area (Å²) >= 11 is 0. The molecule has 0 unspecified atom stereocenters. The normalized spacial score (nSPS) is 23.9. The quantitative estimate of drug-likeness (QED) is 0.621. The van der Waals surface area contributed by atoms with Crippen LogP contribution < -0.4 is 9.64 Å². The predicted octanol–water partition coefficient (Wildman–Crippen LogP) is 2.95. The third-order valence-corrected chi connectivity index (χ3v) is 9.12. The minimum Gasteiger partial charge on any atom is -0.465 e. The monoisotopic (exact) mass is 530 g/mol. The van der Waals surface area contributed by atoms with Gasteiger partial charge in [0.1, 0.15) is 18.1 Å². The maximum absolute atomic E-state index is 14.2. The molecule has 1 aromatic heterocycles. The summed E-state index contributed by atoms with van der Waals surface area (Å²) in [6.45, 7) is 2.49. The third-order valence-electron chi connectivity index (χ3n) is 9.12. The maximum Gasteiger partial charge on any atom is 0.407 e. The van der Waals surface area contributed by atoms with Crippen LogP contribution in [0.5, 0.6) is 6.01 Å². The van der Waals surface area contributed by atoms with E-state index in [0.29, 0.717) is 56.9 Å². The average molecular weight is 531 g/mol. The van der Waals surface area contributed by atoms with Crippen LogP contribution >= 0.6 is 0 Å². The van der Waals surface area contributed by atoms with E-state index >= 15 is 0 Å². The number of benzene rings is 1. The third kappa shape index (κ3) is 4.59. The second kappa shape index (κ2) is 10.1. The number of ether oxygens (including phenoxy) is 1. The highest BCUT2D eigenvalue weighted by molar-refractivity contribution is 6.03. The van der Waals surface area contributed by atoms with E-state index in [-0.39, 0.29) is 30.8 Å². The van der Waals surface area contributed by atoms with Crippen molar-refractivity contribution >= 4 is 17.7 Å². The van der Waals surface area contributed by atoms with Gasteiger partial charge in [-0.25, -0.2) is 4.79 Å². The number of nitriles is 1. The molecule has 1 spiro atoms. The number of piperazine rings is 1. The highest BCUT2D eigenvalue weighted by Crippen LogP contribution is 2.47. The average Bonchev–Trinajstić information content (AvgIpc) is 3.52. The Hall–Kier alpha value is -3.71. The highest BCUT2D eigenvalue weighted by atomic mass is 16.5. The number of likely N-dealkylation sites (N-methyl/N-ethyl adjacent to an activating group) is 1. The minimum atomic E-state index is -1.03. The van der Waals surface area contributed by atoms with Crippen molar-refractivity contribution in [3.8, 4) is 12.1 Å². The first kappa shape index (κ1) is 25.6. The largest absolute Gasteiger partial charge is 0.465 e. The van der Waals surface area contributed by atoms with Gasteiger partial charge in [-0.2, -0.15) is 15.2 Å². The van der Waals surface area contributed by atoms with Crippen molar-refractivity contribution in [2.45, 2.75) is 57.0 Å². The number of nitrogens with zero attached hydrogens (tertiary/aromatic N) is 6. The zero-order valence-corrected chi connectivity index (χ0v) is 22.3. The molecular weight excluding hydrogens is 496 g/mol. The lowest BCUT2D eigenvalue weighted by Crippen LogP contribution is -2.55. The summed E-state index contributed by atoms with van der Waals surface area (Å²) in [5, 5.41) is 19.0. The standard InChI is InChI=1S/C29H34N6O4/c1-33-12-4-7-22(33)18-39-27-31-24-23(8-10-29(25(24)36)15-19-5-2-3-6-20(19)16-29)26(32-27)34-13-14-35(28(37)38)21(17-34)9-11-30/h2-3,5-6,21-22H,4,7-10,12-18H2,1H3,(H,37,38)/t21-,22-/m0/s1. The second-order valence-corrected chi connectivity index (χ2v) is 11.4. The molecule has 4 aliphatic rings. The van der Waals surface area contributed by atoms with E-state index in [0.717, 1.165) is 24.9 Å². The minimum absolute atomic E-state index is 0.0455. The van der Waals surface area contributed by atoms with Crippen molar-refractivity contribution in [2.75, 3.05) is 44.7 Å². The van der Waals surface area contributed by atoms with Crippen LogP contribution in [0, 0.1) is 16.7 Å². The van der Waals surface area contributed by atoms with Crippen LogP contribution in [0.1, 0.15) is 52.9 Å². The fraction of sp³-hybridized carbons (Fsp3) is 0.552. The van der Waals surface area contributed by atoms with Gasteiger partial charge in [-0.15, -0.1) is 0 Å². The van der Waals surface area contributed by atoms with Crippen molar-refractivity contribution in [1.29, 1.82) is 5.26 Å². The van der Waals surface area contributed by atoms with E-state index in [9.17, 15) is 20.0 Å². The molecule has 2 aromatic rings. The molecule has 0 bridgehead atoms. The number of rotatable bonds is 5. The molecule has 39 heavy (non-hydrogen) atoms. The number of aromatic nitrogens is 2. The van der Waals surface area contributed by atoms with Gasteiger partial charge < -0.3 is 24.5 Å². The molecule has 10 nitrogen and oxygen atoms in total. The van der Waals surface area contributed by atoms with Crippen LogP contribution in [0.25, 0.3) is 0 Å². The van der Waals surface area contributed by atoms with Crippen molar-refractivity contribution in [1.82, 2.24) is 19.8 Å². The van der Waals surface area contributed by atoms with Crippen molar-refractivity contribution in [3.05, 3.63) is 46.6 Å². The Bertz CT molecular complexity index is 1310. The first-order valence-electron chi connectivity index (χ1n) is 13.9. The lowest BCUT2D eigenvalue weighted by atomic mass is 9.70. The van der Waals surface area contributed by atoms with Crippen molar-refractivity contribution < 1.29 is 19.4 Å². The topological polar surface area (TPSA) is 123 Å². The molecule has 2 aliphatic carbocycles. The summed E-state index contributed by atoms with van der Waals surface area (Å²) in [5.41, 5.74) is 3.20. The molecule has 2 fully saturated rings. The van der Waals surface area contributed by atoms with Gasteiger partial charge in [-0.1, -0.05) is 24.3 Å². The Labute approximate surface area is 228 Å². The number of carboxylic acid groups (broad SMARTS) is 1. The maximum atomic E-state index is 14.2. The molecule has 1 aromatic carbocycles. The molecule has 1 N–H and O–H groups in total. The fourth-order valence-electron chi connectivity index (χ4n) is 6.90. The lowest BCUT2D eigenvalue weighted by molar-refractivity contribution is 0.0761. The number of carbonyl (C=O) groups excluding carboxylic acids is 1. The molecule has 0 saturated carbocycles. The lowest BCUT2D eigenvalue weighted by Gasteiger charge is -2.41. The Morgan fingerprint density at radius 3 is 2.62 bits per heavy atom. The summed E-state index contributed by atoms with van der Waals surface area (Å²) in [6.07, 6.45) is 4.04. The van der Waals surface area contributed by atoms with Crippen LogP contribution in [0.3, 0.4) is 0 Å². The SMILES string of the molecule is CN1CCC[C@H]1COc1nc2c(c(N3CCN(C(=O)O)[C@@H](CC#N)C3)n1)CCC1(Cc3ccccc3C1)C2=O. The molecule has 1 amide bonds. The van der Waals surface area contributed by atoms with E-state index in [1.165, 1.54) is 16.0 Å². The molecule has 2 saturated heterocycles. The summed E-state index contributed by atoms with van der Waals surface area (Å²) in [7, 11) is 2.09. The molecular formula is C29H34N6O4. The molecule has 3 heterocycles. The van der Waals surface area contributed by atoms with Crippen molar-refractivity contribution in [3.63, 3.8) is 0 Å². The number of likely N-dealkylation sites (tertiary alicyclic amines) is 1. The zero-order chi connectivity index (χ0) is 27.1. The Kier molecular flexibility index (Phi) is 6.63. The van der Waals surface area contributed by atoms with E-state index < -0.39 is 17.6 Å². The van der Waals surface area contributed by atoms with Gasteiger partial charge >= 0.3 is 12.1 Å². The van der Waals surface area contributed by atoms with Crippen LogP contribution in [0.15, 0.2) is 24.3 Å². The first-order chi connectivity index (χ1) is 18.9. The van der Waals surface area contributed by atoms with E-state index in [2.05, 4.69) is 30.1 Å². The Morgan fingerprint density at radius 2 is 1.95 bits per heavy atom. The van der Waals surface area contributed by atoms with Crippen LogP contribution in [-0.2, 0) is 19.3 Å². The summed E-state index contributed by atoms with van der Waals surface area (Å²) in [6, 6.07) is 10.4. The number of carbonyl (C=O) groups is 2. The fourth-order valence-corrected chi connectivity index (χ4v) is 6.90. The van der Waals surface area contributed by atoms with Gasteiger partial charge in [0.2, 0.25) is 0 Å². The molecule has 10 heteroatoms. The first-order valence-corrected chi connectivity index (χ1v) is 13.9. The van der Waals surface area contributed by atoms with Crippen LogP contribution in [0.2, 0.25) is 0 Å². The number of hydrogen-bond acceptors (Lipinski definition) is 8. The van der Waals surface area contributed by atoms with Gasteiger partial charge in [0, 0.05) is 36.7 Å². The summed E-state index contributed by atoms with van der Waals surface area (Å²) < 4.78 is 6.15. The number of fused-ring (bicyclic) bond motifs is 2. The van der Waals surface area contributed by atoms with Crippen LogP contribution in [0.4, 0.5) is 10.6 Å². The molecule has 0 radical (unpaired) electrons. The van der Waals surface area contributed by atoms with Gasteiger partial charge in [0.15, 0.2) is 5.78 Å². The predicted molar refractivity (Wildman–Crippen MR) is 143 cm³/mol. The zero-order valence-electron chi connectivity index (χ0n) is 22.3. The summed E-state index contributed by atoms with van der Waals surface area (Å²) in [5.74, 6) is 0.686. The Balaban J connectivity index is 1.34. The van der Waals surface area contributed by atoms with Gasteiger partial charge in [0.25, 0.3) is 0 Å². The Morgan fingerprint density at radius 1 is 1.18 bits per heavy atom. The number of anilines is 1. The second-order valence-electron chi connectivity index (χ2n) is 11.4. The smallest absolute Gasteiger partial charge is 0.407 e. The van der Waals surface area contributed by atoms with E-state index in [1.807, 2.05) is 17.0 Å². The van der Waals surface area contributed by atoms with Gasteiger partial charge in [-0.3, -0.25) is 4.79 Å². The van der Waals surface area contributed by atoms with Crippen LogP contribution in [-0.4, -0.2) is 88.7 Å². The molecule has 2 atom stereocenters. The van der Waals surface area contributed by atoms with E-state index in [4.69, 9.17) is 14.7 Å². The number of amides is 1. The molecule has 2 aliphatic heterocycles. The van der Waals surface area contributed by atoms with Gasteiger partial charge in [0.05, 0.1) is 18.5 Å². The highest BCUT2D eigenvalue weighted by Gasteiger charge is 2.48. The molecule has 204 valence electrons. The van der Waals surface area contributed by atoms with Gasteiger partial charge in [-0.05, 0) is 63.2 Å². The van der Waals surface area contributed by atoms with Crippen molar-refractivity contribution in [2.24, 2.45) is 5.41 Å². The number of Topliss-reactive ketones (excluding diaryl/α,β-unsaturated/α-hetero) is 1.